The summed E-state index contributed by atoms with van der Waals surface area (Å²) in [5.74, 6) is -0.742. The summed E-state index contributed by atoms with van der Waals surface area (Å²) in [6.07, 6.45) is -1.87. The summed E-state index contributed by atoms with van der Waals surface area (Å²) in [5, 5.41) is 10.4. The Morgan fingerprint density at radius 1 is 1.67 bits per heavy atom. The average Bonchev–Trinajstić information content (AvgIpc) is 2.44. The van der Waals surface area contributed by atoms with E-state index in [9.17, 15) is 14.4 Å². The van der Waals surface area contributed by atoms with Gasteiger partial charge in [-0.15, -0.1) is 0 Å². The van der Waals surface area contributed by atoms with Crippen molar-refractivity contribution in [2.45, 2.75) is 12.5 Å². The zero-order valence-electron chi connectivity index (χ0n) is 8.23. The lowest BCUT2D eigenvalue weighted by Crippen LogP contribution is -2.39. The fourth-order valence-corrected chi connectivity index (χ4v) is 1.35. The number of nitrogens with one attached hydrogen (secondary N) is 1. The monoisotopic (exact) mass is 216 g/mol. The Morgan fingerprint density at radius 3 is 2.80 bits per heavy atom. The van der Waals surface area contributed by atoms with E-state index in [0.717, 1.165) is 4.90 Å². The second kappa shape index (κ2) is 4.74. The Hall–Kier alpha value is -1.63. The van der Waals surface area contributed by atoms with Crippen LogP contribution in [0.2, 0.25) is 0 Å². The van der Waals surface area contributed by atoms with E-state index >= 15 is 0 Å². The van der Waals surface area contributed by atoms with Crippen molar-refractivity contribution in [2.24, 2.45) is 0 Å². The molecule has 0 saturated carbocycles. The largest absolute Gasteiger partial charge is 0.465 e. The van der Waals surface area contributed by atoms with Crippen LogP contribution in [0.1, 0.15) is 6.42 Å². The van der Waals surface area contributed by atoms with Gasteiger partial charge in [-0.05, 0) is 0 Å². The molecule has 1 unspecified atom stereocenters. The van der Waals surface area contributed by atoms with Crippen LogP contribution in [-0.2, 0) is 14.3 Å². The van der Waals surface area contributed by atoms with Gasteiger partial charge in [-0.3, -0.25) is 14.5 Å². The third kappa shape index (κ3) is 2.66. The van der Waals surface area contributed by atoms with Crippen LogP contribution >= 0.6 is 0 Å². The van der Waals surface area contributed by atoms with E-state index in [1.807, 2.05) is 0 Å². The molecule has 0 bridgehead atoms. The molecular formula is C8H12N2O5. The second-order valence-corrected chi connectivity index (χ2v) is 3.04. The highest BCUT2D eigenvalue weighted by atomic mass is 16.5. The molecule has 1 aliphatic heterocycles. The predicted octanol–water partition coefficient (Wildman–Crippen LogP) is -0.972. The van der Waals surface area contributed by atoms with E-state index in [2.05, 4.69) is 5.32 Å². The van der Waals surface area contributed by atoms with Gasteiger partial charge in [0.25, 0.3) is 5.91 Å². The average molecular weight is 216 g/mol. The quantitative estimate of drug-likeness (QED) is 0.589. The zero-order chi connectivity index (χ0) is 11.4. The molecule has 0 radical (unpaired) electrons. The molecule has 0 aromatic heterocycles. The number of amides is 3. The highest BCUT2D eigenvalue weighted by Crippen LogP contribution is 2.14. The van der Waals surface area contributed by atoms with E-state index in [0.29, 0.717) is 0 Å². The molecule has 84 valence electrons. The van der Waals surface area contributed by atoms with Crippen molar-refractivity contribution in [3.05, 3.63) is 0 Å². The van der Waals surface area contributed by atoms with E-state index < -0.39 is 18.1 Å². The molecule has 1 fully saturated rings. The SMILES string of the molecule is COC1CC(=O)N(CCNC(=O)O)C1=O. The summed E-state index contributed by atoms with van der Waals surface area (Å²) in [6.45, 7) is 0.0765. The maximum absolute atomic E-state index is 11.4. The maximum Gasteiger partial charge on any atom is 0.404 e. The van der Waals surface area contributed by atoms with Crippen molar-refractivity contribution in [1.29, 1.82) is 0 Å². The van der Waals surface area contributed by atoms with Gasteiger partial charge in [-0.25, -0.2) is 4.79 Å². The molecule has 0 aromatic carbocycles. The van der Waals surface area contributed by atoms with Gasteiger partial charge in [0, 0.05) is 20.2 Å². The van der Waals surface area contributed by atoms with Gasteiger partial charge in [-0.1, -0.05) is 0 Å². The molecule has 1 saturated heterocycles. The summed E-state index contributed by atoms with van der Waals surface area (Å²) < 4.78 is 4.80. The van der Waals surface area contributed by atoms with Gasteiger partial charge in [0.15, 0.2) is 0 Å². The first-order valence-corrected chi connectivity index (χ1v) is 4.40. The van der Waals surface area contributed by atoms with E-state index in [4.69, 9.17) is 9.84 Å². The van der Waals surface area contributed by atoms with Crippen LogP contribution in [0.3, 0.4) is 0 Å². The number of carbonyl (C=O) groups is 3. The number of carbonyl (C=O) groups excluding carboxylic acids is 2. The van der Waals surface area contributed by atoms with Crippen LogP contribution in [0.25, 0.3) is 0 Å². The third-order valence-corrected chi connectivity index (χ3v) is 2.10. The van der Waals surface area contributed by atoms with Gasteiger partial charge >= 0.3 is 6.09 Å². The minimum Gasteiger partial charge on any atom is -0.465 e. The molecule has 7 heteroatoms. The van der Waals surface area contributed by atoms with Crippen molar-refractivity contribution in [1.82, 2.24) is 10.2 Å². The van der Waals surface area contributed by atoms with E-state index in [-0.39, 0.29) is 25.4 Å². The molecule has 1 rings (SSSR count). The Labute approximate surface area is 86.0 Å². The van der Waals surface area contributed by atoms with E-state index in [1.165, 1.54) is 7.11 Å². The number of ether oxygens (including phenoxy) is 1. The standard InChI is InChI=1S/C8H12N2O5/c1-15-5-4-6(11)10(7(5)12)3-2-9-8(13)14/h5,9H,2-4H2,1H3,(H,13,14). The van der Waals surface area contributed by atoms with Gasteiger partial charge in [0.1, 0.15) is 6.10 Å². The summed E-state index contributed by atoms with van der Waals surface area (Å²) in [4.78, 5) is 33.8. The fourth-order valence-electron chi connectivity index (χ4n) is 1.35. The highest BCUT2D eigenvalue weighted by molar-refractivity contribution is 6.05. The maximum atomic E-state index is 11.4. The van der Waals surface area contributed by atoms with Gasteiger partial charge in [-0.2, -0.15) is 0 Å². The molecule has 0 aliphatic carbocycles. The molecule has 7 nitrogen and oxygen atoms in total. The van der Waals surface area contributed by atoms with Crippen molar-refractivity contribution in [2.75, 3.05) is 20.2 Å². The molecule has 1 aliphatic rings. The minimum absolute atomic E-state index is 0.0302. The first kappa shape index (κ1) is 11.4. The number of imide groups is 1. The van der Waals surface area contributed by atoms with Crippen molar-refractivity contribution >= 4 is 17.9 Å². The first-order chi connectivity index (χ1) is 7.06. The Balaban J connectivity index is 2.44. The Bertz CT molecular complexity index is 291. The summed E-state index contributed by atoms with van der Waals surface area (Å²) >= 11 is 0. The number of hydrogen-bond acceptors (Lipinski definition) is 4. The van der Waals surface area contributed by atoms with Gasteiger partial charge in [0.05, 0.1) is 6.42 Å². The van der Waals surface area contributed by atoms with Crippen LogP contribution in [0.15, 0.2) is 0 Å². The van der Waals surface area contributed by atoms with Gasteiger partial charge < -0.3 is 15.2 Å². The number of hydrogen-bond donors (Lipinski definition) is 2. The molecule has 3 amide bonds. The number of nitrogens with zero attached hydrogens (tertiary/aromatic N) is 1. The predicted molar refractivity (Wildman–Crippen MR) is 48.2 cm³/mol. The van der Waals surface area contributed by atoms with Crippen LogP contribution < -0.4 is 5.32 Å². The van der Waals surface area contributed by atoms with Crippen molar-refractivity contribution < 1.29 is 24.2 Å². The normalized spacial score (nSPS) is 20.9. The van der Waals surface area contributed by atoms with Crippen LogP contribution in [0, 0.1) is 0 Å². The fraction of sp³-hybridized carbons (Fsp3) is 0.625. The molecule has 1 atom stereocenters. The third-order valence-electron chi connectivity index (χ3n) is 2.10. The number of carboxylic acid groups (broad SMARTS) is 1. The number of likely N-dealkylation sites (tertiary alicyclic amines) is 1. The minimum atomic E-state index is -1.18. The summed E-state index contributed by atoms with van der Waals surface area (Å²) in [6, 6.07) is 0. The van der Waals surface area contributed by atoms with Crippen molar-refractivity contribution in [3.8, 4) is 0 Å². The Morgan fingerprint density at radius 2 is 2.33 bits per heavy atom. The number of rotatable bonds is 4. The van der Waals surface area contributed by atoms with Crippen molar-refractivity contribution in [3.63, 3.8) is 0 Å². The second-order valence-electron chi connectivity index (χ2n) is 3.04. The zero-order valence-corrected chi connectivity index (χ0v) is 8.23. The molecule has 1 heterocycles. The molecule has 0 aromatic rings. The van der Waals surface area contributed by atoms with Crippen LogP contribution in [0.4, 0.5) is 4.79 Å². The molecule has 2 N–H and O–H groups in total. The lowest BCUT2D eigenvalue weighted by molar-refractivity contribution is -0.141. The van der Waals surface area contributed by atoms with Crippen LogP contribution in [-0.4, -0.2) is 54.2 Å². The topological polar surface area (TPSA) is 95.9 Å². The highest BCUT2D eigenvalue weighted by Gasteiger charge is 2.38. The number of methoxy groups -OCH3 is 1. The van der Waals surface area contributed by atoms with Gasteiger partial charge in [0.2, 0.25) is 5.91 Å². The lowest BCUT2D eigenvalue weighted by atomic mass is 10.3. The lowest BCUT2D eigenvalue weighted by Gasteiger charge is -2.13. The molecule has 15 heavy (non-hydrogen) atoms. The van der Waals surface area contributed by atoms with E-state index in [1.54, 1.807) is 0 Å². The Kier molecular flexibility index (Phi) is 3.62. The first-order valence-electron chi connectivity index (χ1n) is 4.40. The van der Waals surface area contributed by atoms with Crippen LogP contribution in [0.5, 0.6) is 0 Å². The summed E-state index contributed by atoms with van der Waals surface area (Å²) in [5.41, 5.74) is 0. The molecule has 0 spiro atoms. The smallest absolute Gasteiger partial charge is 0.404 e. The molecular weight excluding hydrogens is 204 g/mol. The summed E-state index contributed by atoms with van der Waals surface area (Å²) in [7, 11) is 1.36.